The molecule has 2 aromatic heterocycles. The quantitative estimate of drug-likeness (QED) is 0.388. The molecule has 5 rings (SSSR count). The molecule has 0 unspecified atom stereocenters. The molecule has 1 fully saturated rings. The minimum Gasteiger partial charge on any atom is -0.497 e. The fraction of sp³-hybridized carbons (Fsp3) is 0.273. The number of methoxy groups -OCH3 is 1. The normalized spacial score (nSPS) is 13.5. The summed E-state index contributed by atoms with van der Waals surface area (Å²) in [6, 6.07) is 18.0. The summed E-state index contributed by atoms with van der Waals surface area (Å²) in [5.74, 6) is 4.00. The van der Waals surface area contributed by atoms with Gasteiger partial charge in [0.05, 0.1) is 19.4 Å². The molecule has 7 nitrogen and oxygen atoms in total. The SMILES string of the molecule is COc1cccc(-c2noc(CSc3nnc(C4CC4)n3Cc3ccccc3)n2)c1. The molecule has 0 atom stereocenters. The van der Waals surface area contributed by atoms with Crippen molar-refractivity contribution in [2.24, 2.45) is 0 Å². The van der Waals surface area contributed by atoms with Crippen LogP contribution in [0.1, 0.15) is 36.0 Å². The average molecular weight is 420 g/mol. The number of thioether (sulfide) groups is 1. The van der Waals surface area contributed by atoms with E-state index in [0.717, 1.165) is 28.8 Å². The third kappa shape index (κ3) is 4.09. The van der Waals surface area contributed by atoms with Crippen LogP contribution in [-0.2, 0) is 12.3 Å². The predicted molar refractivity (Wildman–Crippen MR) is 113 cm³/mol. The molecule has 4 aromatic rings. The highest BCUT2D eigenvalue weighted by atomic mass is 32.2. The third-order valence-corrected chi connectivity index (χ3v) is 5.94. The van der Waals surface area contributed by atoms with Crippen molar-refractivity contribution in [1.82, 2.24) is 24.9 Å². The second-order valence-corrected chi connectivity index (χ2v) is 8.16. The van der Waals surface area contributed by atoms with Gasteiger partial charge in [-0.05, 0) is 30.5 Å². The van der Waals surface area contributed by atoms with Crippen LogP contribution in [0.15, 0.2) is 64.3 Å². The molecule has 152 valence electrons. The van der Waals surface area contributed by atoms with E-state index in [-0.39, 0.29) is 0 Å². The zero-order valence-corrected chi connectivity index (χ0v) is 17.4. The molecule has 2 aromatic carbocycles. The molecule has 0 amide bonds. The first-order valence-corrected chi connectivity index (χ1v) is 10.9. The summed E-state index contributed by atoms with van der Waals surface area (Å²) in [6.07, 6.45) is 2.37. The number of aromatic nitrogens is 5. The minimum atomic E-state index is 0.527. The lowest BCUT2D eigenvalue weighted by Gasteiger charge is -2.09. The lowest BCUT2D eigenvalue weighted by Crippen LogP contribution is -2.06. The van der Waals surface area contributed by atoms with Gasteiger partial charge >= 0.3 is 0 Å². The van der Waals surface area contributed by atoms with Crippen LogP contribution >= 0.6 is 11.8 Å². The highest BCUT2D eigenvalue weighted by Crippen LogP contribution is 2.40. The molecular weight excluding hydrogens is 398 g/mol. The van der Waals surface area contributed by atoms with E-state index in [0.29, 0.717) is 23.4 Å². The summed E-state index contributed by atoms with van der Waals surface area (Å²) in [7, 11) is 1.64. The van der Waals surface area contributed by atoms with Gasteiger partial charge in [0, 0.05) is 11.5 Å². The smallest absolute Gasteiger partial charge is 0.237 e. The van der Waals surface area contributed by atoms with Crippen molar-refractivity contribution in [3.05, 3.63) is 71.9 Å². The fourth-order valence-electron chi connectivity index (χ4n) is 3.28. The van der Waals surface area contributed by atoms with Crippen LogP contribution in [0.4, 0.5) is 0 Å². The zero-order chi connectivity index (χ0) is 20.3. The third-order valence-electron chi connectivity index (χ3n) is 4.99. The van der Waals surface area contributed by atoms with Gasteiger partial charge in [-0.25, -0.2) is 0 Å². The predicted octanol–water partition coefficient (Wildman–Crippen LogP) is 4.55. The van der Waals surface area contributed by atoms with E-state index < -0.39 is 0 Å². The van der Waals surface area contributed by atoms with E-state index in [9.17, 15) is 0 Å². The van der Waals surface area contributed by atoms with E-state index in [1.54, 1.807) is 18.9 Å². The van der Waals surface area contributed by atoms with E-state index in [4.69, 9.17) is 9.26 Å². The lowest BCUT2D eigenvalue weighted by molar-refractivity contribution is 0.391. The first-order valence-electron chi connectivity index (χ1n) is 9.87. The Morgan fingerprint density at radius 2 is 1.97 bits per heavy atom. The summed E-state index contributed by atoms with van der Waals surface area (Å²) in [6.45, 7) is 0.765. The monoisotopic (exact) mass is 419 g/mol. The summed E-state index contributed by atoms with van der Waals surface area (Å²) in [5, 5.41) is 13.9. The van der Waals surface area contributed by atoms with Crippen LogP contribution in [0.3, 0.4) is 0 Å². The second-order valence-electron chi connectivity index (χ2n) is 7.22. The van der Waals surface area contributed by atoms with Crippen molar-refractivity contribution in [1.29, 1.82) is 0 Å². The van der Waals surface area contributed by atoms with Crippen LogP contribution in [0.5, 0.6) is 5.75 Å². The largest absolute Gasteiger partial charge is 0.497 e. The molecule has 0 bridgehead atoms. The molecule has 1 aliphatic carbocycles. The summed E-state index contributed by atoms with van der Waals surface area (Å²) < 4.78 is 12.9. The molecule has 2 heterocycles. The Hall–Kier alpha value is -3.13. The number of rotatable bonds is 8. The van der Waals surface area contributed by atoms with Gasteiger partial charge in [-0.1, -0.05) is 59.4 Å². The topological polar surface area (TPSA) is 78.9 Å². The summed E-state index contributed by atoms with van der Waals surface area (Å²) >= 11 is 1.57. The molecule has 0 saturated heterocycles. The number of ether oxygens (including phenoxy) is 1. The van der Waals surface area contributed by atoms with Gasteiger partial charge in [0.15, 0.2) is 5.16 Å². The summed E-state index contributed by atoms with van der Waals surface area (Å²) in [5.41, 5.74) is 2.09. The van der Waals surface area contributed by atoms with Crippen molar-refractivity contribution in [3.63, 3.8) is 0 Å². The Morgan fingerprint density at radius 1 is 1.10 bits per heavy atom. The molecule has 0 spiro atoms. The Bertz CT molecular complexity index is 1140. The van der Waals surface area contributed by atoms with Crippen LogP contribution < -0.4 is 4.74 Å². The van der Waals surface area contributed by atoms with Crippen LogP contribution in [0.25, 0.3) is 11.4 Å². The van der Waals surface area contributed by atoms with Gasteiger partial charge in [0.2, 0.25) is 11.7 Å². The Labute approximate surface area is 178 Å². The number of hydrogen-bond acceptors (Lipinski definition) is 7. The van der Waals surface area contributed by atoms with E-state index >= 15 is 0 Å². The van der Waals surface area contributed by atoms with Crippen molar-refractivity contribution >= 4 is 11.8 Å². The molecule has 1 saturated carbocycles. The van der Waals surface area contributed by atoms with Crippen molar-refractivity contribution in [2.45, 2.75) is 36.2 Å². The van der Waals surface area contributed by atoms with E-state index in [2.05, 4.69) is 49.2 Å². The second kappa shape index (κ2) is 8.31. The van der Waals surface area contributed by atoms with Gasteiger partial charge < -0.3 is 13.8 Å². The highest BCUT2D eigenvalue weighted by molar-refractivity contribution is 7.98. The molecule has 0 N–H and O–H groups in total. The standard InChI is InChI=1S/C22H21N5O2S/c1-28-18-9-5-8-17(12-18)20-23-19(29-26-20)14-30-22-25-24-21(16-10-11-16)27(22)13-15-6-3-2-4-7-15/h2-9,12,16H,10-11,13-14H2,1H3. The van der Waals surface area contributed by atoms with Gasteiger partial charge in [0.25, 0.3) is 0 Å². The summed E-state index contributed by atoms with van der Waals surface area (Å²) in [4.78, 5) is 4.53. The maximum absolute atomic E-state index is 5.46. The molecule has 8 heteroatoms. The maximum Gasteiger partial charge on any atom is 0.237 e. The first kappa shape index (κ1) is 18.9. The Kier molecular flexibility index (Phi) is 5.23. The van der Waals surface area contributed by atoms with Crippen molar-refractivity contribution in [3.8, 4) is 17.1 Å². The average Bonchev–Trinajstić information content (AvgIpc) is 3.39. The van der Waals surface area contributed by atoms with Crippen LogP contribution in [0.2, 0.25) is 0 Å². The lowest BCUT2D eigenvalue weighted by atomic mass is 10.2. The van der Waals surface area contributed by atoms with Crippen LogP contribution in [0, 0.1) is 0 Å². The van der Waals surface area contributed by atoms with Crippen molar-refractivity contribution in [2.75, 3.05) is 7.11 Å². The number of benzene rings is 2. The van der Waals surface area contributed by atoms with Gasteiger partial charge in [-0.3, -0.25) is 0 Å². The molecule has 0 radical (unpaired) electrons. The number of hydrogen-bond donors (Lipinski definition) is 0. The van der Waals surface area contributed by atoms with Gasteiger partial charge in [-0.15, -0.1) is 10.2 Å². The molecule has 0 aliphatic heterocycles. The zero-order valence-electron chi connectivity index (χ0n) is 16.6. The maximum atomic E-state index is 5.46. The van der Waals surface area contributed by atoms with E-state index in [1.807, 2.05) is 30.3 Å². The Morgan fingerprint density at radius 3 is 2.77 bits per heavy atom. The van der Waals surface area contributed by atoms with Gasteiger partial charge in [0.1, 0.15) is 11.6 Å². The fourth-order valence-corrected chi connectivity index (χ4v) is 4.07. The number of nitrogens with zero attached hydrogens (tertiary/aromatic N) is 5. The van der Waals surface area contributed by atoms with Gasteiger partial charge in [-0.2, -0.15) is 4.98 Å². The molecular formula is C22H21N5O2S. The van der Waals surface area contributed by atoms with E-state index in [1.165, 1.54) is 18.4 Å². The van der Waals surface area contributed by atoms with Crippen molar-refractivity contribution < 1.29 is 9.26 Å². The molecule has 1 aliphatic rings. The first-order chi connectivity index (χ1) is 14.8. The highest BCUT2D eigenvalue weighted by Gasteiger charge is 2.30. The minimum absolute atomic E-state index is 0.527. The van der Waals surface area contributed by atoms with Crippen LogP contribution in [-0.4, -0.2) is 32.0 Å². The Balaban J connectivity index is 1.32. The molecule has 30 heavy (non-hydrogen) atoms.